The van der Waals surface area contributed by atoms with Gasteiger partial charge in [0.1, 0.15) is 23.1 Å². The van der Waals surface area contributed by atoms with Crippen molar-refractivity contribution in [3.63, 3.8) is 0 Å². The Morgan fingerprint density at radius 1 is 0.964 bits per heavy atom. The van der Waals surface area contributed by atoms with Gasteiger partial charge >= 0.3 is 0 Å². The van der Waals surface area contributed by atoms with Crippen LogP contribution < -0.4 is 10.6 Å². The number of nitrogens with zero attached hydrogens (tertiary/aromatic N) is 4. The molecule has 8 heteroatoms. The summed E-state index contributed by atoms with van der Waals surface area (Å²) in [4.78, 5) is 15.2. The molecule has 0 bridgehead atoms. The number of halogens is 2. The fourth-order valence-corrected chi connectivity index (χ4v) is 2.58. The highest BCUT2D eigenvalue weighted by molar-refractivity contribution is 5.65. The average molecular weight is 384 g/mol. The van der Waals surface area contributed by atoms with Crippen LogP contribution >= 0.6 is 0 Å². The van der Waals surface area contributed by atoms with Gasteiger partial charge in [-0.25, -0.2) is 13.8 Å². The molecule has 0 fully saturated rings. The third-order valence-electron chi connectivity index (χ3n) is 3.93. The van der Waals surface area contributed by atoms with Crippen molar-refractivity contribution in [2.45, 2.75) is 6.42 Å². The Kier molecular flexibility index (Phi) is 6.44. The van der Waals surface area contributed by atoms with Crippen LogP contribution in [0.3, 0.4) is 0 Å². The van der Waals surface area contributed by atoms with Crippen molar-refractivity contribution in [2.75, 3.05) is 37.8 Å². The molecule has 2 heterocycles. The second-order valence-electron chi connectivity index (χ2n) is 6.48. The molecular weight excluding hydrogens is 362 g/mol. The van der Waals surface area contributed by atoms with E-state index in [-0.39, 0.29) is 11.5 Å². The van der Waals surface area contributed by atoms with E-state index in [0.717, 1.165) is 13.0 Å². The summed E-state index contributed by atoms with van der Waals surface area (Å²) in [6.07, 6.45) is 2.56. The molecule has 0 aliphatic carbocycles. The lowest BCUT2D eigenvalue weighted by Gasteiger charge is -2.13. The second-order valence-corrected chi connectivity index (χ2v) is 6.48. The molecule has 28 heavy (non-hydrogen) atoms. The highest BCUT2D eigenvalue weighted by atomic mass is 19.1. The van der Waals surface area contributed by atoms with Gasteiger partial charge < -0.3 is 15.5 Å². The zero-order valence-electron chi connectivity index (χ0n) is 15.8. The molecule has 2 aromatic heterocycles. The summed E-state index contributed by atoms with van der Waals surface area (Å²) in [5.41, 5.74) is 0.926. The molecule has 0 unspecified atom stereocenters. The van der Waals surface area contributed by atoms with E-state index in [9.17, 15) is 8.78 Å². The molecule has 0 saturated carbocycles. The van der Waals surface area contributed by atoms with Crippen molar-refractivity contribution in [3.8, 4) is 11.4 Å². The van der Waals surface area contributed by atoms with Crippen LogP contribution in [-0.4, -0.2) is 47.0 Å². The molecular formula is C20H22F2N6. The van der Waals surface area contributed by atoms with Crippen molar-refractivity contribution in [2.24, 2.45) is 0 Å². The van der Waals surface area contributed by atoms with Crippen LogP contribution in [0.1, 0.15) is 6.42 Å². The van der Waals surface area contributed by atoms with Gasteiger partial charge in [0.25, 0.3) is 0 Å². The van der Waals surface area contributed by atoms with Crippen LogP contribution in [0, 0.1) is 11.6 Å². The maximum Gasteiger partial charge on any atom is 0.225 e. The summed E-state index contributed by atoms with van der Waals surface area (Å²) in [6.45, 7) is 1.58. The number of rotatable bonds is 8. The Morgan fingerprint density at radius 2 is 1.75 bits per heavy atom. The third-order valence-corrected chi connectivity index (χ3v) is 3.93. The van der Waals surface area contributed by atoms with Crippen molar-refractivity contribution in [3.05, 3.63) is 60.3 Å². The summed E-state index contributed by atoms with van der Waals surface area (Å²) < 4.78 is 28.0. The Bertz CT molecular complexity index is 898. The summed E-state index contributed by atoms with van der Waals surface area (Å²) >= 11 is 0. The summed E-state index contributed by atoms with van der Waals surface area (Å²) in [7, 11) is 4.01. The topological polar surface area (TPSA) is 66.0 Å². The molecule has 146 valence electrons. The van der Waals surface area contributed by atoms with Gasteiger partial charge in [0, 0.05) is 18.8 Å². The minimum Gasteiger partial charge on any atom is -0.354 e. The predicted molar refractivity (Wildman–Crippen MR) is 107 cm³/mol. The summed E-state index contributed by atoms with van der Waals surface area (Å²) in [6, 6.07) is 10.8. The smallest absolute Gasteiger partial charge is 0.225 e. The number of nitrogens with one attached hydrogen (secondary N) is 2. The number of para-hydroxylation sites is 1. The van der Waals surface area contributed by atoms with E-state index in [2.05, 4.69) is 30.5 Å². The Morgan fingerprint density at radius 3 is 2.43 bits per heavy atom. The Hall–Kier alpha value is -3.13. The fourth-order valence-electron chi connectivity index (χ4n) is 2.58. The minimum atomic E-state index is -0.696. The van der Waals surface area contributed by atoms with E-state index >= 15 is 0 Å². The van der Waals surface area contributed by atoms with Crippen molar-refractivity contribution >= 4 is 17.5 Å². The third kappa shape index (κ3) is 5.20. The highest BCUT2D eigenvalue weighted by Gasteiger charge is 2.12. The summed E-state index contributed by atoms with van der Waals surface area (Å²) in [5.74, 6) is -0.757. The summed E-state index contributed by atoms with van der Waals surface area (Å²) in [5, 5.41) is 5.88. The minimum absolute atomic E-state index is 0.258. The van der Waals surface area contributed by atoms with Gasteiger partial charge in [-0.2, -0.15) is 4.98 Å². The van der Waals surface area contributed by atoms with Crippen LogP contribution in [0.25, 0.3) is 11.4 Å². The number of benzene rings is 1. The molecule has 3 aromatic rings. The fraction of sp³-hybridized carbons (Fsp3) is 0.250. The van der Waals surface area contributed by atoms with E-state index in [1.54, 1.807) is 18.3 Å². The van der Waals surface area contributed by atoms with E-state index in [1.807, 2.05) is 26.2 Å². The number of anilines is 3. The van der Waals surface area contributed by atoms with Gasteiger partial charge in [0.05, 0.1) is 11.4 Å². The van der Waals surface area contributed by atoms with Crippen LogP contribution in [0.15, 0.2) is 48.7 Å². The van der Waals surface area contributed by atoms with Gasteiger partial charge in [-0.1, -0.05) is 12.1 Å². The number of pyridine rings is 1. The number of hydrogen-bond donors (Lipinski definition) is 2. The van der Waals surface area contributed by atoms with Crippen LogP contribution in [0.4, 0.5) is 26.2 Å². The monoisotopic (exact) mass is 384 g/mol. The SMILES string of the molecule is CN(C)CCCNc1nc(Nc2c(F)cccc2F)cc(-c2ccccn2)n1. The van der Waals surface area contributed by atoms with E-state index in [1.165, 1.54) is 18.2 Å². The van der Waals surface area contributed by atoms with Crippen molar-refractivity contribution in [1.29, 1.82) is 0 Å². The van der Waals surface area contributed by atoms with Crippen LogP contribution in [0.2, 0.25) is 0 Å². The lowest BCUT2D eigenvalue weighted by atomic mass is 10.2. The predicted octanol–water partition coefficient (Wildman–Crippen LogP) is 3.92. The van der Waals surface area contributed by atoms with Gasteiger partial charge in [0.15, 0.2) is 0 Å². The van der Waals surface area contributed by atoms with Gasteiger partial charge in [-0.3, -0.25) is 4.98 Å². The maximum absolute atomic E-state index is 14.0. The standard InChI is InChI=1S/C20H22F2N6/c1-28(2)12-6-11-24-20-25-17(16-9-3-4-10-23-16)13-18(27-20)26-19-14(21)7-5-8-15(19)22/h3-5,7-10,13H,6,11-12H2,1-2H3,(H2,24,25,26,27). The molecule has 6 nitrogen and oxygen atoms in total. The number of aromatic nitrogens is 3. The van der Waals surface area contributed by atoms with E-state index < -0.39 is 11.6 Å². The van der Waals surface area contributed by atoms with Crippen LogP contribution in [-0.2, 0) is 0 Å². The normalized spacial score (nSPS) is 10.9. The zero-order valence-corrected chi connectivity index (χ0v) is 15.8. The molecule has 0 aliphatic heterocycles. The van der Waals surface area contributed by atoms with Crippen LogP contribution in [0.5, 0.6) is 0 Å². The molecule has 1 aromatic carbocycles. The number of hydrogen-bond acceptors (Lipinski definition) is 6. The van der Waals surface area contributed by atoms with Crippen molar-refractivity contribution < 1.29 is 8.78 Å². The molecule has 0 amide bonds. The average Bonchev–Trinajstić information content (AvgIpc) is 2.69. The van der Waals surface area contributed by atoms with E-state index in [0.29, 0.717) is 23.9 Å². The molecule has 0 radical (unpaired) electrons. The lowest BCUT2D eigenvalue weighted by molar-refractivity contribution is 0.405. The van der Waals surface area contributed by atoms with Crippen molar-refractivity contribution in [1.82, 2.24) is 19.9 Å². The first-order chi connectivity index (χ1) is 13.5. The maximum atomic E-state index is 14.0. The Labute approximate surface area is 162 Å². The lowest BCUT2D eigenvalue weighted by Crippen LogP contribution is -2.17. The highest BCUT2D eigenvalue weighted by Crippen LogP contribution is 2.25. The molecule has 3 rings (SSSR count). The van der Waals surface area contributed by atoms with Gasteiger partial charge in [0.2, 0.25) is 5.95 Å². The van der Waals surface area contributed by atoms with Gasteiger partial charge in [-0.15, -0.1) is 0 Å². The molecule has 0 aliphatic rings. The molecule has 0 atom stereocenters. The molecule has 0 spiro atoms. The second kappa shape index (κ2) is 9.18. The first-order valence-corrected chi connectivity index (χ1v) is 8.93. The first-order valence-electron chi connectivity index (χ1n) is 8.93. The largest absolute Gasteiger partial charge is 0.354 e. The van der Waals surface area contributed by atoms with E-state index in [4.69, 9.17) is 0 Å². The first kappa shape index (κ1) is 19.6. The Balaban J connectivity index is 1.89. The molecule has 0 saturated heterocycles. The quantitative estimate of drug-likeness (QED) is 0.574. The molecule has 2 N–H and O–H groups in total. The zero-order chi connectivity index (χ0) is 19.9. The van der Waals surface area contributed by atoms with Gasteiger partial charge in [-0.05, 0) is 51.3 Å².